The number of ether oxygens (including phenoxy) is 1. The van der Waals surface area contributed by atoms with E-state index in [0.717, 1.165) is 22.5 Å². The number of benzene rings is 2. The summed E-state index contributed by atoms with van der Waals surface area (Å²) in [6, 6.07) is 11.4. The predicted octanol–water partition coefficient (Wildman–Crippen LogP) is 1.42. The van der Waals surface area contributed by atoms with Crippen LogP contribution in [0.25, 0.3) is 0 Å². The average Bonchev–Trinajstić information content (AvgIpc) is 2.85. The minimum Gasteiger partial charge on any atom is -0.378 e. The molecule has 2 aliphatic heterocycles. The summed E-state index contributed by atoms with van der Waals surface area (Å²) >= 11 is 0. The van der Waals surface area contributed by atoms with Crippen LogP contribution in [0.3, 0.4) is 0 Å². The largest absolute Gasteiger partial charge is 0.472 e. The molecule has 2 aromatic carbocycles. The number of nitrogens with zero attached hydrogens (tertiary/aromatic N) is 3. The number of rotatable bonds is 7. The summed E-state index contributed by atoms with van der Waals surface area (Å²) in [5.41, 5.74) is 2.61. The molecule has 0 spiro atoms. The van der Waals surface area contributed by atoms with Crippen LogP contribution in [-0.2, 0) is 26.3 Å². The van der Waals surface area contributed by atoms with Gasteiger partial charge in [0.25, 0.3) is 5.91 Å². The summed E-state index contributed by atoms with van der Waals surface area (Å²) in [5.74, 6) is -4.53. The second-order valence-corrected chi connectivity index (χ2v) is 10.5. The normalized spacial score (nSPS) is 17.5. The maximum atomic E-state index is 15.0. The van der Waals surface area contributed by atoms with Crippen LogP contribution in [-0.4, -0.2) is 81.0 Å². The number of nitrogens with one attached hydrogen (secondary N) is 2. The van der Waals surface area contributed by atoms with Crippen molar-refractivity contribution >= 4 is 27.7 Å². The molecule has 0 aromatic heterocycles. The van der Waals surface area contributed by atoms with Crippen LogP contribution in [0.1, 0.15) is 15.9 Å². The van der Waals surface area contributed by atoms with Crippen molar-refractivity contribution < 1.29 is 40.3 Å². The first kappa shape index (κ1) is 27.8. The fourth-order valence-electron chi connectivity index (χ4n) is 4.00. The highest BCUT2D eigenvalue weighted by molar-refractivity contribution is 7.90. The van der Waals surface area contributed by atoms with Gasteiger partial charge in [-0.1, -0.05) is 24.3 Å². The Hall–Kier alpha value is -3.27. The molecule has 2 aromatic rings. The van der Waals surface area contributed by atoms with Crippen molar-refractivity contribution in [1.82, 2.24) is 20.1 Å². The van der Waals surface area contributed by atoms with Gasteiger partial charge >= 0.3 is 22.3 Å². The van der Waals surface area contributed by atoms with Gasteiger partial charge in [0.05, 0.1) is 31.5 Å². The van der Waals surface area contributed by atoms with Gasteiger partial charge in [-0.15, -0.1) is 0 Å². The molecule has 2 N–H and O–H groups in total. The molecule has 206 valence electrons. The maximum absolute atomic E-state index is 15.0. The third-order valence-corrected chi connectivity index (χ3v) is 8.15. The molecule has 0 aliphatic carbocycles. The number of alkyl halides is 3. The van der Waals surface area contributed by atoms with Gasteiger partial charge in [0.15, 0.2) is 0 Å². The van der Waals surface area contributed by atoms with Crippen molar-refractivity contribution in [2.45, 2.75) is 18.8 Å². The van der Waals surface area contributed by atoms with Gasteiger partial charge in [-0.2, -0.15) is 25.9 Å². The zero-order valence-corrected chi connectivity index (χ0v) is 20.8. The van der Waals surface area contributed by atoms with Gasteiger partial charge in [0.2, 0.25) is 0 Å². The zero-order valence-electron chi connectivity index (χ0n) is 19.9. The second-order valence-electron chi connectivity index (χ2n) is 8.69. The van der Waals surface area contributed by atoms with E-state index in [0.29, 0.717) is 32.0 Å². The number of hydrazine groups is 1. The summed E-state index contributed by atoms with van der Waals surface area (Å²) in [4.78, 5) is 25.1. The highest BCUT2D eigenvalue weighted by Crippen LogP contribution is 2.26. The molecule has 10 nitrogen and oxygen atoms in total. The number of hydrogen-bond donors (Lipinski definition) is 2. The van der Waals surface area contributed by atoms with E-state index in [9.17, 15) is 35.6 Å². The van der Waals surface area contributed by atoms with Crippen molar-refractivity contribution in [2.75, 3.05) is 43.7 Å². The van der Waals surface area contributed by atoms with Crippen LogP contribution in [0.15, 0.2) is 48.5 Å². The van der Waals surface area contributed by atoms with Crippen LogP contribution in [0.4, 0.5) is 23.2 Å². The van der Waals surface area contributed by atoms with Gasteiger partial charge in [-0.05, 0) is 24.3 Å². The first-order valence-corrected chi connectivity index (χ1v) is 13.0. The van der Waals surface area contributed by atoms with Gasteiger partial charge in [0, 0.05) is 37.3 Å². The summed E-state index contributed by atoms with van der Waals surface area (Å²) in [6.45, 7) is 2.37. The number of amides is 2. The third-order valence-electron chi connectivity index (χ3n) is 6.24. The molecule has 2 saturated heterocycles. The quantitative estimate of drug-likeness (QED) is 0.392. The smallest absolute Gasteiger partial charge is 0.378 e. The molecular formula is C23H25F4N5O5S. The lowest BCUT2D eigenvalue weighted by Crippen LogP contribution is -2.59. The lowest BCUT2D eigenvalue weighted by atomic mass is 10.1. The Bertz CT molecular complexity index is 1270. The maximum Gasteiger partial charge on any atom is 0.472 e. The van der Waals surface area contributed by atoms with Crippen LogP contribution < -0.4 is 15.2 Å². The number of anilines is 1. The van der Waals surface area contributed by atoms with Crippen LogP contribution in [0.5, 0.6) is 0 Å². The summed E-state index contributed by atoms with van der Waals surface area (Å²) in [5, 5.41) is 0. The first-order valence-electron chi connectivity index (χ1n) is 11.6. The summed E-state index contributed by atoms with van der Waals surface area (Å²) < 4.78 is 86.8. The van der Waals surface area contributed by atoms with Gasteiger partial charge < -0.3 is 4.74 Å². The van der Waals surface area contributed by atoms with Gasteiger partial charge in [-0.3, -0.25) is 29.6 Å². The second kappa shape index (κ2) is 11.2. The van der Waals surface area contributed by atoms with E-state index in [4.69, 9.17) is 4.74 Å². The van der Waals surface area contributed by atoms with E-state index >= 15 is 0 Å². The number of para-hydroxylation sites is 1. The number of halogens is 4. The Balaban J connectivity index is 1.50. The van der Waals surface area contributed by atoms with Crippen molar-refractivity contribution in [3.8, 4) is 0 Å². The van der Waals surface area contributed by atoms with Crippen LogP contribution in [0, 0.1) is 5.82 Å². The SMILES string of the molecule is O=C(NNC(=O)C(F)(F)F)c1ccc(CN(c2ccccc2)S(=O)(=O)N2CCN(C3COC3)CC2)c(F)c1. The topological polar surface area (TPSA) is 111 Å². The predicted molar refractivity (Wildman–Crippen MR) is 127 cm³/mol. The van der Waals surface area contributed by atoms with Crippen molar-refractivity contribution in [3.63, 3.8) is 0 Å². The Morgan fingerprint density at radius 1 is 1.00 bits per heavy atom. The van der Waals surface area contributed by atoms with E-state index in [1.807, 2.05) is 0 Å². The standard InChI is InChI=1S/C23H25F4N5O5S/c24-20-12-16(21(33)28-29-22(34)23(25,26)27)6-7-17(20)13-32(18-4-2-1-3-5-18)38(35,36)31-10-8-30(9-11-31)19-14-37-15-19/h1-7,12,19H,8-11,13-15H2,(H,28,33)(H,29,34). The lowest BCUT2D eigenvalue weighted by molar-refractivity contribution is -0.174. The fraction of sp³-hybridized carbons (Fsp3) is 0.391. The molecule has 15 heteroatoms. The van der Waals surface area contributed by atoms with Crippen LogP contribution >= 0.6 is 0 Å². The Labute approximate surface area is 216 Å². The minimum absolute atomic E-state index is 0.0708. The highest BCUT2D eigenvalue weighted by Gasteiger charge is 2.39. The highest BCUT2D eigenvalue weighted by atomic mass is 32.2. The number of hydrogen-bond acceptors (Lipinski definition) is 6. The first-order chi connectivity index (χ1) is 18.0. The summed E-state index contributed by atoms with van der Waals surface area (Å²) in [7, 11) is -4.08. The average molecular weight is 560 g/mol. The molecule has 2 heterocycles. The van der Waals surface area contributed by atoms with Crippen molar-refractivity contribution in [1.29, 1.82) is 0 Å². The molecule has 0 atom stereocenters. The number of piperazine rings is 1. The lowest BCUT2D eigenvalue weighted by Gasteiger charge is -2.43. The minimum atomic E-state index is -5.22. The van der Waals surface area contributed by atoms with Gasteiger partial charge in [0.1, 0.15) is 5.82 Å². The Morgan fingerprint density at radius 2 is 1.66 bits per heavy atom. The van der Waals surface area contributed by atoms with Crippen molar-refractivity contribution in [2.24, 2.45) is 0 Å². The molecule has 2 fully saturated rings. The zero-order chi connectivity index (χ0) is 27.5. The molecule has 2 aliphatic rings. The number of carbonyl (C=O) groups is 2. The Kier molecular flexibility index (Phi) is 8.20. The number of carbonyl (C=O) groups excluding carboxylic acids is 2. The molecule has 0 unspecified atom stereocenters. The molecule has 38 heavy (non-hydrogen) atoms. The van der Waals surface area contributed by atoms with E-state index in [1.54, 1.807) is 35.8 Å². The molecule has 0 bridgehead atoms. The van der Waals surface area contributed by atoms with Gasteiger partial charge in [-0.25, -0.2) is 4.39 Å². The van der Waals surface area contributed by atoms with E-state index in [-0.39, 0.29) is 30.3 Å². The van der Waals surface area contributed by atoms with E-state index in [2.05, 4.69) is 4.90 Å². The molecule has 0 saturated carbocycles. The third kappa shape index (κ3) is 6.23. The Morgan fingerprint density at radius 3 is 2.21 bits per heavy atom. The van der Waals surface area contributed by atoms with E-state index in [1.165, 1.54) is 9.73 Å². The molecule has 0 radical (unpaired) electrons. The van der Waals surface area contributed by atoms with Crippen molar-refractivity contribution in [3.05, 3.63) is 65.5 Å². The monoisotopic (exact) mass is 559 g/mol. The molecule has 4 rings (SSSR count). The summed E-state index contributed by atoms with van der Waals surface area (Å²) in [6.07, 6.45) is -5.22. The fourth-order valence-corrected chi connectivity index (χ4v) is 5.60. The molecule has 2 amide bonds. The molecular weight excluding hydrogens is 534 g/mol. The van der Waals surface area contributed by atoms with Crippen LogP contribution in [0.2, 0.25) is 0 Å². The van der Waals surface area contributed by atoms with E-state index < -0.39 is 40.6 Å².